The number of hydrogen-bond acceptors (Lipinski definition) is 11. The number of rotatable bonds is 17. The lowest BCUT2D eigenvalue weighted by Gasteiger charge is -2.27. The molecule has 1 atom stereocenters. The fraction of sp³-hybridized carbons (Fsp3) is 0.621. The molecule has 0 radical (unpaired) electrons. The predicted octanol–water partition coefficient (Wildman–Crippen LogP) is 1.40. The van der Waals surface area contributed by atoms with E-state index in [1.807, 2.05) is 20.8 Å². The van der Waals surface area contributed by atoms with Crippen molar-refractivity contribution >= 4 is 29.7 Å². The van der Waals surface area contributed by atoms with E-state index in [2.05, 4.69) is 5.32 Å². The zero-order chi connectivity index (χ0) is 31.4. The van der Waals surface area contributed by atoms with Crippen molar-refractivity contribution in [3.05, 3.63) is 29.3 Å². The van der Waals surface area contributed by atoms with Crippen molar-refractivity contribution in [2.24, 2.45) is 0 Å². The summed E-state index contributed by atoms with van der Waals surface area (Å²) < 4.78 is 32.8. The number of fused-ring (bicyclic) bond motifs is 1. The monoisotopic (exact) mass is 607 g/mol. The van der Waals surface area contributed by atoms with E-state index in [4.69, 9.17) is 28.4 Å². The number of likely N-dealkylation sites (N-methyl/N-ethyl adjacent to an activating group) is 1. The Labute approximate surface area is 250 Å². The summed E-state index contributed by atoms with van der Waals surface area (Å²) in [5.74, 6) is -1.84. The maximum Gasteiger partial charge on any atom is 0.410 e. The molecule has 1 aromatic carbocycles. The number of ether oxygens (including phenoxy) is 6. The second-order valence-corrected chi connectivity index (χ2v) is 10.9. The number of imide groups is 2. The van der Waals surface area contributed by atoms with Crippen LogP contribution in [-0.2, 0) is 33.3 Å². The molecule has 0 aromatic heterocycles. The summed E-state index contributed by atoms with van der Waals surface area (Å²) in [4.78, 5) is 63.5. The molecule has 0 bridgehead atoms. The molecule has 1 unspecified atom stereocenters. The number of nitrogens with one attached hydrogen (secondary N) is 1. The van der Waals surface area contributed by atoms with Gasteiger partial charge < -0.3 is 33.3 Å². The quantitative estimate of drug-likeness (QED) is 0.201. The van der Waals surface area contributed by atoms with Crippen LogP contribution in [0, 0.1) is 0 Å². The van der Waals surface area contributed by atoms with Crippen LogP contribution in [0.4, 0.5) is 4.79 Å². The van der Waals surface area contributed by atoms with Gasteiger partial charge in [0.1, 0.15) is 24.0 Å². The van der Waals surface area contributed by atoms with Gasteiger partial charge in [-0.3, -0.25) is 29.4 Å². The molecule has 0 aliphatic carbocycles. The van der Waals surface area contributed by atoms with E-state index in [1.165, 1.54) is 17.0 Å². The Bertz CT molecular complexity index is 1150. The Morgan fingerprint density at radius 2 is 1.42 bits per heavy atom. The van der Waals surface area contributed by atoms with Gasteiger partial charge in [0, 0.05) is 20.0 Å². The molecule has 0 saturated carbocycles. The topological polar surface area (TPSA) is 159 Å². The fourth-order valence-corrected chi connectivity index (χ4v) is 4.15. The van der Waals surface area contributed by atoms with Gasteiger partial charge in [-0.1, -0.05) is 0 Å². The van der Waals surface area contributed by atoms with Gasteiger partial charge in [0.25, 0.3) is 11.8 Å². The van der Waals surface area contributed by atoms with Crippen LogP contribution in [0.1, 0.15) is 54.3 Å². The number of benzene rings is 1. The normalized spacial score (nSPS) is 16.7. The highest BCUT2D eigenvalue weighted by molar-refractivity contribution is 6.23. The fourth-order valence-electron chi connectivity index (χ4n) is 4.15. The van der Waals surface area contributed by atoms with Crippen LogP contribution in [0.5, 0.6) is 5.75 Å². The lowest BCUT2D eigenvalue weighted by molar-refractivity contribution is -0.136. The van der Waals surface area contributed by atoms with E-state index in [0.29, 0.717) is 58.5 Å². The number of nitrogens with zero attached hydrogens (tertiary/aromatic N) is 2. The first-order chi connectivity index (χ1) is 20.5. The number of carbonyl (C=O) groups is 5. The smallest absolute Gasteiger partial charge is 0.410 e. The van der Waals surface area contributed by atoms with E-state index in [1.54, 1.807) is 13.1 Å². The minimum absolute atomic E-state index is 0.0612. The van der Waals surface area contributed by atoms with E-state index < -0.39 is 41.4 Å². The van der Waals surface area contributed by atoms with Gasteiger partial charge in [0.15, 0.2) is 0 Å². The highest BCUT2D eigenvalue weighted by atomic mass is 16.6. The van der Waals surface area contributed by atoms with Crippen molar-refractivity contribution in [2.45, 2.75) is 45.3 Å². The molecule has 3 rings (SSSR count). The van der Waals surface area contributed by atoms with Crippen molar-refractivity contribution in [1.29, 1.82) is 0 Å². The third-order valence-electron chi connectivity index (χ3n) is 6.30. The largest absolute Gasteiger partial charge is 0.491 e. The zero-order valence-corrected chi connectivity index (χ0v) is 25.2. The highest BCUT2D eigenvalue weighted by Gasteiger charge is 2.44. The molecule has 1 fully saturated rings. The Hall–Kier alpha value is -3.59. The van der Waals surface area contributed by atoms with Gasteiger partial charge >= 0.3 is 6.09 Å². The predicted molar refractivity (Wildman–Crippen MR) is 151 cm³/mol. The average molecular weight is 608 g/mol. The maximum atomic E-state index is 12.9. The van der Waals surface area contributed by atoms with E-state index in [0.717, 1.165) is 4.90 Å². The van der Waals surface area contributed by atoms with Crippen LogP contribution >= 0.6 is 0 Å². The van der Waals surface area contributed by atoms with E-state index in [9.17, 15) is 24.0 Å². The van der Waals surface area contributed by atoms with Crippen LogP contribution in [0.3, 0.4) is 0 Å². The van der Waals surface area contributed by atoms with Gasteiger partial charge in [-0.25, -0.2) is 4.79 Å². The van der Waals surface area contributed by atoms with Crippen molar-refractivity contribution in [3.63, 3.8) is 0 Å². The second-order valence-electron chi connectivity index (χ2n) is 10.9. The Kier molecular flexibility index (Phi) is 12.9. The maximum absolute atomic E-state index is 12.9. The van der Waals surface area contributed by atoms with Crippen LogP contribution in [0.2, 0.25) is 0 Å². The highest BCUT2D eigenvalue weighted by Crippen LogP contribution is 2.30. The van der Waals surface area contributed by atoms with E-state index in [-0.39, 0.29) is 37.2 Å². The Morgan fingerprint density at radius 3 is 2.00 bits per heavy atom. The average Bonchev–Trinajstić information content (AvgIpc) is 3.18. The van der Waals surface area contributed by atoms with Crippen LogP contribution < -0.4 is 10.1 Å². The van der Waals surface area contributed by atoms with Gasteiger partial charge in [-0.05, 0) is 45.4 Å². The summed E-state index contributed by atoms with van der Waals surface area (Å²) in [6.45, 7) is 9.10. The number of carbonyl (C=O) groups excluding carboxylic acids is 5. The van der Waals surface area contributed by atoms with Gasteiger partial charge in [-0.2, -0.15) is 0 Å². The Balaban J connectivity index is 1.18. The first-order valence-electron chi connectivity index (χ1n) is 14.2. The lowest BCUT2D eigenvalue weighted by Crippen LogP contribution is -2.54. The molecule has 2 aliphatic heterocycles. The molecule has 1 saturated heterocycles. The molecule has 2 heterocycles. The second kappa shape index (κ2) is 16.3. The van der Waals surface area contributed by atoms with Gasteiger partial charge in [-0.15, -0.1) is 0 Å². The number of piperidine rings is 1. The van der Waals surface area contributed by atoms with Crippen molar-refractivity contribution in [2.75, 3.05) is 73.1 Å². The van der Waals surface area contributed by atoms with E-state index >= 15 is 0 Å². The molecule has 1 N–H and O–H groups in total. The minimum atomic E-state index is -1.01. The minimum Gasteiger partial charge on any atom is -0.491 e. The molecule has 238 valence electrons. The van der Waals surface area contributed by atoms with Gasteiger partial charge in [0.05, 0.1) is 64.0 Å². The lowest BCUT2D eigenvalue weighted by atomic mass is 10.0. The van der Waals surface area contributed by atoms with Gasteiger partial charge in [0.2, 0.25) is 11.8 Å². The summed E-state index contributed by atoms with van der Waals surface area (Å²) in [5.41, 5.74) is -0.190. The zero-order valence-electron chi connectivity index (χ0n) is 25.2. The SMILES string of the molecule is CN(CCOCCOCCOCCOCCOc1ccc2c(c1)C(=O)N(C1CCC(=O)NC1=O)C2=O)C(=O)OC(C)(C)C. The summed E-state index contributed by atoms with van der Waals surface area (Å²) in [6.07, 6.45) is -0.232. The van der Waals surface area contributed by atoms with Crippen LogP contribution in [-0.4, -0.2) is 124 Å². The molecule has 14 nitrogen and oxygen atoms in total. The van der Waals surface area contributed by atoms with Crippen LogP contribution in [0.15, 0.2) is 18.2 Å². The molecule has 5 amide bonds. The molecule has 14 heteroatoms. The molecule has 1 aromatic rings. The molecular formula is C29H41N3O11. The number of hydrogen-bond donors (Lipinski definition) is 1. The standard InChI is InChI=1S/C29H41N3O11/c1-29(2,3)43-28(37)31(4)9-10-38-11-12-39-13-14-40-15-16-41-17-18-42-20-5-6-21-22(19-20)27(36)32(26(21)35)23-7-8-24(33)30-25(23)34/h5-6,19,23H,7-18H2,1-4H3,(H,30,33,34). The third kappa shape index (κ3) is 10.6. The third-order valence-corrected chi connectivity index (χ3v) is 6.30. The molecule has 0 spiro atoms. The molecular weight excluding hydrogens is 566 g/mol. The summed E-state index contributed by atoms with van der Waals surface area (Å²) in [5, 5.41) is 2.17. The molecule has 2 aliphatic rings. The van der Waals surface area contributed by atoms with Crippen LogP contribution in [0.25, 0.3) is 0 Å². The van der Waals surface area contributed by atoms with Crippen molar-refractivity contribution < 1.29 is 52.4 Å². The first kappa shape index (κ1) is 33.9. The van der Waals surface area contributed by atoms with Crippen molar-refractivity contribution in [3.8, 4) is 5.75 Å². The summed E-state index contributed by atoms with van der Waals surface area (Å²) >= 11 is 0. The Morgan fingerprint density at radius 1 is 0.860 bits per heavy atom. The summed E-state index contributed by atoms with van der Waals surface area (Å²) in [6, 6.07) is 3.53. The van der Waals surface area contributed by atoms with Crippen molar-refractivity contribution in [1.82, 2.24) is 15.1 Å². The number of amides is 5. The molecule has 43 heavy (non-hydrogen) atoms. The summed E-state index contributed by atoms with van der Waals surface area (Å²) in [7, 11) is 1.66. The first-order valence-corrected chi connectivity index (χ1v) is 14.2.